The van der Waals surface area contributed by atoms with Crippen LogP contribution in [0.5, 0.6) is 0 Å². The Labute approximate surface area is 183 Å². The highest BCUT2D eigenvalue weighted by atomic mass is 32.1. The molecule has 2 fully saturated rings. The monoisotopic (exact) mass is 430 g/mol. The Bertz CT molecular complexity index is 830. The van der Waals surface area contributed by atoms with Crippen LogP contribution in [0.2, 0.25) is 0 Å². The van der Waals surface area contributed by atoms with Gasteiger partial charge in [-0.15, -0.1) is 0 Å². The van der Waals surface area contributed by atoms with Crippen molar-refractivity contribution < 1.29 is 9.15 Å². The quantitative estimate of drug-likeness (QED) is 0.696. The molecular formula is C21H30N6O2S. The zero-order valence-corrected chi connectivity index (χ0v) is 18.5. The molecule has 4 rings (SSSR count). The number of thiocarbonyl (C=S) groups is 1. The van der Waals surface area contributed by atoms with Crippen LogP contribution >= 0.6 is 12.2 Å². The van der Waals surface area contributed by atoms with Crippen LogP contribution in [0.15, 0.2) is 28.9 Å². The maximum Gasteiger partial charge on any atom is 0.232 e. The van der Waals surface area contributed by atoms with Crippen LogP contribution in [-0.2, 0) is 11.3 Å². The van der Waals surface area contributed by atoms with Gasteiger partial charge in [0.05, 0.1) is 26.0 Å². The van der Waals surface area contributed by atoms with Gasteiger partial charge in [0.15, 0.2) is 5.11 Å². The molecule has 8 nitrogen and oxygen atoms in total. The number of hydrogen-bond acceptors (Lipinski definition) is 7. The highest BCUT2D eigenvalue weighted by Gasteiger charge is 2.25. The molecule has 0 aromatic carbocycles. The fourth-order valence-electron chi connectivity index (χ4n) is 4.17. The lowest BCUT2D eigenvalue weighted by atomic mass is 9.92. The smallest absolute Gasteiger partial charge is 0.232 e. The molecule has 2 aliphatic heterocycles. The fraction of sp³-hybridized carbons (Fsp3) is 0.571. The summed E-state index contributed by atoms with van der Waals surface area (Å²) in [6.45, 7) is 10.2. The van der Waals surface area contributed by atoms with Gasteiger partial charge in [0.25, 0.3) is 0 Å². The molecule has 2 aromatic heterocycles. The second-order valence-electron chi connectivity index (χ2n) is 8.25. The van der Waals surface area contributed by atoms with E-state index in [1.807, 2.05) is 12.1 Å². The van der Waals surface area contributed by atoms with Gasteiger partial charge in [0.2, 0.25) is 5.95 Å². The van der Waals surface area contributed by atoms with E-state index in [0.717, 1.165) is 43.6 Å². The van der Waals surface area contributed by atoms with Crippen molar-refractivity contribution in [2.24, 2.45) is 11.8 Å². The normalized spacial score (nSPS) is 22.1. The number of piperidine rings is 1. The largest absolute Gasteiger partial charge is 0.467 e. The van der Waals surface area contributed by atoms with E-state index in [-0.39, 0.29) is 0 Å². The molecule has 2 aliphatic rings. The van der Waals surface area contributed by atoms with Crippen molar-refractivity contribution in [2.75, 3.05) is 54.5 Å². The zero-order valence-electron chi connectivity index (χ0n) is 17.6. The minimum Gasteiger partial charge on any atom is -0.467 e. The van der Waals surface area contributed by atoms with Gasteiger partial charge in [0.1, 0.15) is 17.4 Å². The van der Waals surface area contributed by atoms with E-state index in [2.05, 4.69) is 40.3 Å². The van der Waals surface area contributed by atoms with Crippen molar-refractivity contribution in [3.05, 3.63) is 30.2 Å². The van der Waals surface area contributed by atoms with Gasteiger partial charge in [-0.1, -0.05) is 13.8 Å². The van der Waals surface area contributed by atoms with Gasteiger partial charge in [-0.3, -0.25) is 0 Å². The van der Waals surface area contributed by atoms with Crippen molar-refractivity contribution in [1.29, 1.82) is 0 Å². The van der Waals surface area contributed by atoms with E-state index in [1.165, 1.54) is 6.42 Å². The lowest BCUT2D eigenvalue weighted by molar-refractivity contribution is 0.122. The summed E-state index contributed by atoms with van der Waals surface area (Å²) in [6, 6.07) is 5.86. The zero-order chi connectivity index (χ0) is 20.9. The van der Waals surface area contributed by atoms with Crippen LogP contribution in [-0.4, -0.2) is 54.5 Å². The Hall–Kier alpha value is -2.39. The third-order valence-corrected chi connectivity index (χ3v) is 5.70. The fourth-order valence-corrected chi connectivity index (χ4v) is 4.33. The van der Waals surface area contributed by atoms with E-state index in [0.29, 0.717) is 42.7 Å². The Morgan fingerprint density at radius 3 is 2.50 bits per heavy atom. The molecule has 0 aliphatic carbocycles. The Morgan fingerprint density at radius 1 is 1.13 bits per heavy atom. The standard InChI is InChI=1S/C21H30N6O2S/c1-15-10-16(2)14-27(13-15)19-11-18(26-5-8-28-9-6-26)23-20(24-19)25-21(30)22-12-17-4-3-7-29-17/h3-4,7,11,15-16H,5-6,8-10,12-14H2,1-2H3,(H2,22,23,24,25,30)/t15-,16-/m1/s1. The van der Waals surface area contributed by atoms with Gasteiger partial charge >= 0.3 is 0 Å². The lowest BCUT2D eigenvalue weighted by Crippen LogP contribution is -2.40. The van der Waals surface area contributed by atoms with Crippen LogP contribution in [0, 0.1) is 11.8 Å². The van der Waals surface area contributed by atoms with Crippen molar-refractivity contribution in [3.8, 4) is 0 Å². The Kier molecular flexibility index (Phi) is 6.69. The van der Waals surface area contributed by atoms with E-state index in [9.17, 15) is 0 Å². The Balaban J connectivity index is 1.52. The third kappa shape index (κ3) is 5.40. The van der Waals surface area contributed by atoms with Gasteiger partial charge in [-0.25, -0.2) is 0 Å². The molecule has 2 aromatic rings. The molecule has 0 amide bonds. The molecule has 0 spiro atoms. The number of morpholine rings is 1. The van der Waals surface area contributed by atoms with Crippen molar-refractivity contribution in [3.63, 3.8) is 0 Å². The minimum atomic E-state index is 0.469. The number of hydrogen-bond donors (Lipinski definition) is 2. The average molecular weight is 431 g/mol. The molecule has 0 saturated carbocycles. The summed E-state index contributed by atoms with van der Waals surface area (Å²) >= 11 is 5.45. The summed E-state index contributed by atoms with van der Waals surface area (Å²) in [5, 5.41) is 6.77. The molecule has 4 heterocycles. The summed E-state index contributed by atoms with van der Waals surface area (Å²) in [7, 11) is 0. The summed E-state index contributed by atoms with van der Waals surface area (Å²) in [4.78, 5) is 14.2. The highest BCUT2D eigenvalue weighted by molar-refractivity contribution is 7.80. The van der Waals surface area contributed by atoms with E-state index in [1.54, 1.807) is 6.26 Å². The van der Waals surface area contributed by atoms with Crippen molar-refractivity contribution in [2.45, 2.75) is 26.8 Å². The van der Waals surface area contributed by atoms with Gasteiger partial charge in [-0.2, -0.15) is 9.97 Å². The molecule has 0 unspecified atom stereocenters. The van der Waals surface area contributed by atoms with E-state index < -0.39 is 0 Å². The molecule has 0 radical (unpaired) electrons. The Morgan fingerprint density at radius 2 is 1.83 bits per heavy atom. The number of rotatable bonds is 5. The minimum absolute atomic E-state index is 0.469. The number of anilines is 3. The molecular weight excluding hydrogens is 400 g/mol. The second kappa shape index (κ2) is 9.61. The van der Waals surface area contributed by atoms with Gasteiger partial charge in [0, 0.05) is 32.2 Å². The highest BCUT2D eigenvalue weighted by Crippen LogP contribution is 2.28. The number of nitrogens with one attached hydrogen (secondary N) is 2. The van der Waals surface area contributed by atoms with Crippen LogP contribution in [0.1, 0.15) is 26.0 Å². The van der Waals surface area contributed by atoms with E-state index >= 15 is 0 Å². The summed E-state index contributed by atoms with van der Waals surface area (Å²) < 4.78 is 10.9. The number of ether oxygens (including phenoxy) is 1. The molecule has 0 bridgehead atoms. The number of aromatic nitrogens is 2. The van der Waals surface area contributed by atoms with Crippen LogP contribution < -0.4 is 20.4 Å². The van der Waals surface area contributed by atoms with Crippen LogP contribution in [0.3, 0.4) is 0 Å². The number of nitrogens with zero attached hydrogens (tertiary/aromatic N) is 4. The van der Waals surface area contributed by atoms with Crippen molar-refractivity contribution in [1.82, 2.24) is 15.3 Å². The van der Waals surface area contributed by atoms with E-state index in [4.69, 9.17) is 31.3 Å². The van der Waals surface area contributed by atoms with Crippen molar-refractivity contribution >= 4 is 34.9 Å². The maximum absolute atomic E-state index is 5.51. The molecule has 2 atom stereocenters. The SMILES string of the molecule is C[C@@H]1C[C@@H](C)CN(c2cc(N3CCOCC3)nc(NC(=S)NCc3ccco3)n2)C1. The summed E-state index contributed by atoms with van der Waals surface area (Å²) in [5.41, 5.74) is 0. The predicted octanol–water partition coefficient (Wildman–Crippen LogP) is 2.88. The third-order valence-electron chi connectivity index (χ3n) is 5.46. The van der Waals surface area contributed by atoms with Gasteiger partial charge in [-0.05, 0) is 42.6 Å². The first-order valence-corrected chi connectivity index (χ1v) is 11.0. The molecule has 162 valence electrons. The average Bonchev–Trinajstić information content (AvgIpc) is 3.26. The maximum atomic E-state index is 5.51. The molecule has 9 heteroatoms. The predicted molar refractivity (Wildman–Crippen MR) is 122 cm³/mol. The van der Waals surface area contributed by atoms with Gasteiger partial charge < -0.3 is 29.6 Å². The first kappa shape index (κ1) is 20.9. The first-order valence-electron chi connectivity index (χ1n) is 10.6. The first-order chi connectivity index (χ1) is 14.6. The molecule has 2 saturated heterocycles. The second-order valence-corrected chi connectivity index (χ2v) is 8.65. The van der Waals surface area contributed by atoms with Crippen LogP contribution in [0.4, 0.5) is 17.6 Å². The molecule has 2 N–H and O–H groups in total. The van der Waals surface area contributed by atoms with Crippen LogP contribution in [0.25, 0.3) is 0 Å². The molecule has 30 heavy (non-hydrogen) atoms. The topological polar surface area (TPSA) is 78.7 Å². The summed E-state index contributed by atoms with van der Waals surface area (Å²) in [6.07, 6.45) is 2.90. The number of furan rings is 1. The summed E-state index contributed by atoms with van der Waals surface area (Å²) in [5.74, 6) is 4.47. The lowest BCUT2D eigenvalue weighted by Gasteiger charge is -2.36.